The molecule has 0 spiro atoms. The second kappa shape index (κ2) is 8.76. The molecule has 0 aliphatic rings. The zero-order valence-electron chi connectivity index (χ0n) is 14.6. The standard InChI is InChI=1S/C19H20ClFN2O3/c1-3-4-11-22(2)19(26)17(23-12-14(20)7-10-16(23)24)18(25)13-5-8-15(21)9-6-13/h5-10,12,17H,3-4,11H2,1-2H3. The van der Waals surface area contributed by atoms with Crippen LogP contribution in [-0.4, -0.2) is 34.7 Å². The van der Waals surface area contributed by atoms with Crippen molar-refractivity contribution < 1.29 is 14.0 Å². The third-order valence-electron chi connectivity index (χ3n) is 4.01. The van der Waals surface area contributed by atoms with E-state index >= 15 is 0 Å². The van der Waals surface area contributed by atoms with Crippen LogP contribution < -0.4 is 5.56 Å². The van der Waals surface area contributed by atoms with Crippen molar-refractivity contribution in [2.24, 2.45) is 0 Å². The predicted molar refractivity (Wildman–Crippen MR) is 98.0 cm³/mol. The molecule has 0 aliphatic heterocycles. The molecule has 1 aromatic carbocycles. The summed E-state index contributed by atoms with van der Waals surface area (Å²) in [6, 6.07) is 6.05. The highest BCUT2D eigenvalue weighted by Gasteiger charge is 2.32. The Morgan fingerprint density at radius 1 is 1.19 bits per heavy atom. The molecule has 2 rings (SSSR count). The Bertz CT molecular complexity index is 849. The largest absolute Gasteiger partial charge is 0.344 e. The molecule has 1 heterocycles. The van der Waals surface area contributed by atoms with Gasteiger partial charge in [0.1, 0.15) is 5.82 Å². The Kier molecular flexibility index (Phi) is 6.69. The fourth-order valence-electron chi connectivity index (χ4n) is 2.52. The molecule has 7 heteroatoms. The summed E-state index contributed by atoms with van der Waals surface area (Å²) in [7, 11) is 1.58. The van der Waals surface area contributed by atoms with Crippen LogP contribution >= 0.6 is 11.6 Å². The van der Waals surface area contributed by atoms with Crippen LogP contribution in [0, 0.1) is 5.82 Å². The lowest BCUT2D eigenvalue weighted by Crippen LogP contribution is -2.42. The maximum Gasteiger partial charge on any atom is 0.253 e. The van der Waals surface area contributed by atoms with Gasteiger partial charge >= 0.3 is 0 Å². The first-order valence-corrected chi connectivity index (χ1v) is 8.65. The van der Waals surface area contributed by atoms with E-state index in [4.69, 9.17) is 11.6 Å². The molecule has 0 saturated carbocycles. The topological polar surface area (TPSA) is 59.4 Å². The highest BCUT2D eigenvalue weighted by Crippen LogP contribution is 2.18. The minimum atomic E-state index is -1.39. The fourth-order valence-corrected chi connectivity index (χ4v) is 2.69. The number of ketones is 1. The number of hydrogen-bond donors (Lipinski definition) is 0. The summed E-state index contributed by atoms with van der Waals surface area (Å²) in [5.74, 6) is -1.61. The Labute approximate surface area is 156 Å². The van der Waals surface area contributed by atoms with Crippen LogP contribution in [0.2, 0.25) is 5.02 Å². The average Bonchev–Trinajstić information content (AvgIpc) is 2.63. The third kappa shape index (κ3) is 4.58. The number of benzene rings is 1. The summed E-state index contributed by atoms with van der Waals surface area (Å²) in [5.41, 5.74) is -0.382. The number of unbranched alkanes of at least 4 members (excludes halogenated alkanes) is 1. The molecular weight excluding hydrogens is 359 g/mol. The summed E-state index contributed by atoms with van der Waals surface area (Å²) in [6.45, 7) is 2.44. The van der Waals surface area contributed by atoms with Crippen LogP contribution in [-0.2, 0) is 4.79 Å². The summed E-state index contributed by atoms with van der Waals surface area (Å²) in [4.78, 5) is 39.6. The van der Waals surface area contributed by atoms with Gasteiger partial charge in [-0.25, -0.2) is 4.39 Å². The SMILES string of the molecule is CCCCN(C)C(=O)C(C(=O)c1ccc(F)cc1)n1cc(Cl)ccc1=O. The number of halogens is 2. The molecule has 1 unspecified atom stereocenters. The van der Waals surface area contributed by atoms with Gasteiger partial charge in [-0.15, -0.1) is 0 Å². The zero-order chi connectivity index (χ0) is 19.3. The van der Waals surface area contributed by atoms with E-state index in [1.54, 1.807) is 7.05 Å². The molecule has 26 heavy (non-hydrogen) atoms. The van der Waals surface area contributed by atoms with Crippen LogP contribution in [0.25, 0.3) is 0 Å². The molecule has 1 atom stereocenters. The van der Waals surface area contributed by atoms with Crippen molar-refractivity contribution in [3.05, 3.63) is 69.4 Å². The van der Waals surface area contributed by atoms with E-state index < -0.39 is 29.1 Å². The second-order valence-corrected chi connectivity index (χ2v) is 6.42. The molecular formula is C19H20ClFN2O3. The van der Waals surface area contributed by atoms with Gasteiger partial charge in [0.25, 0.3) is 11.5 Å². The van der Waals surface area contributed by atoms with E-state index in [-0.39, 0.29) is 10.6 Å². The summed E-state index contributed by atoms with van der Waals surface area (Å²) in [5, 5.41) is 0.227. The van der Waals surface area contributed by atoms with E-state index in [0.717, 1.165) is 29.5 Å². The van der Waals surface area contributed by atoms with Crippen molar-refractivity contribution in [1.29, 1.82) is 0 Å². The van der Waals surface area contributed by atoms with Crippen LogP contribution in [0.5, 0.6) is 0 Å². The summed E-state index contributed by atoms with van der Waals surface area (Å²) < 4.78 is 14.2. The monoisotopic (exact) mass is 378 g/mol. The summed E-state index contributed by atoms with van der Waals surface area (Å²) in [6.07, 6.45) is 2.91. The number of likely N-dealkylation sites (N-methyl/N-ethyl adjacent to an activating group) is 1. The third-order valence-corrected chi connectivity index (χ3v) is 4.24. The molecule has 138 valence electrons. The van der Waals surface area contributed by atoms with Gasteiger partial charge in [0.15, 0.2) is 11.8 Å². The van der Waals surface area contributed by atoms with E-state index in [2.05, 4.69) is 0 Å². The van der Waals surface area contributed by atoms with Gasteiger partial charge in [0.2, 0.25) is 0 Å². The molecule has 0 saturated heterocycles. The van der Waals surface area contributed by atoms with Gasteiger partial charge in [0.05, 0.1) is 5.02 Å². The van der Waals surface area contributed by atoms with Crippen LogP contribution in [0.1, 0.15) is 36.2 Å². The fraction of sp³-hybridized carbons (Fsp3) is 0.316. The van der Waals surface area contributed by atoms with E-state index in [1.807, 2.05) is 6.92 Å². The van der Waals surface area contributed by atoms with Gasteiger partial charge in [-0.05, 0) is 36.8 Å². The number of carbonyl (C=O) groups is 2. The van der Waals surface area contributed by atoms with Gasteiger partial charge in [-0.1, -0.05) is 24.9 Å². The van der Waals surface area contributed by atoms with Crippen molar-refractivity contribution in [1.82, 2.24) is 9.47 Å². The first-order valence-electron chi connectivity index (χ1n) is 8.27. The maximum absolute atomic E-state index is 13.2. The maximum atomic E-state index is 13.2. The number of aromatic nitrogens is 1. The molecule has 1 amide bonds. The zero-order valence-corrected chi connectivity index (χ0v) is 15.4. The molecule has 0 bridgehead atoms. The van der Waals surface area contributed by atoms with Gasteiger partial charge in [-0.2, -0.15) is 0 Å². The van der Waals surface area contributed by atoms with Gasteiger partial charge in [-0.3, -0.25) is 19.0 Å². The van der Waals surface area contributed by atoms with Crippen molar-refractivity contribution in [2.45, 2.75) is 25.8 Å². The Balaban J connectivity index is 2.49. The average molecular weight is 379 g/mol. The number of Topliss-reactive ketones (excluding diaryl/α,β-unsaturated/α-hetero) is 1. The number of pyridine rings is 1. The summed E-state index contributed by atoms with van der Waals surface area (Å²) >= 11 is 5.95. The highest BCUT2D eigenvalue weighted by molar-refractivity contribution is 6.30. The Hall–Kier alpha value is -2.47. The lowest BCUT2D eigenvalue weighted by atomic mass is 10.0. The van der Waals surface area contributed by atoms with Crippen molar-refractivity contribution in [3.63, 3.8) is 0 Å². The van der Waals surface area contributed by atoms with Crippen molar-refractivity contribution in [2.75, 3.05) is 13.6 Å². The molecule has 0 fully saturated rings. The lowest BCUT2D eigenvalue weighted by molar-refractivity contribution is -0.132. The first kappa shape index (κ1) is 19.8. The van der Waals surface area contributed by atoms with Crippen molar-refractivity contribution in [3.8, 4) is 0 Å². The Morgan fingerprint density at radius 2 is 1.85 bits per heavy atom. The van der Waals surface area contributed by atoms with Gasteiger partial charge in [0, 0.05) is 31.4 Å². The Morgan fingerprint density at radius 3 is 2.46 bits per heavy atom. The number of amides is 1. The number of nitrogens with zero attached hydrogens (tertiary/aromatic N) is 2. The number of rotatable bonds is 7. The van der Waals surface area contributed by atoms with E-state index in [1.165, 1.54) is 35.4 Å². The minimum absolute atomic E-state index is 0.139. The minimum Gasteiger partial charge on any atom is -0.344 e. The molecule has 0 aliphatic carbocycles. The molecule has 0 radical (unpaired) electrons. The van der Waals surface area contributed by atoms with E-state index in [9.17, 15) is 18.8 Å². The van der Waals surface area contributed by atoms with Gasteiger partial charge < -0.3 is 4.90 Å². The molecule has 2 aromatic rings. The first-order chi connectivity index (χ1) is 12.3. The molecule has 5 nitrogen and oxygen atoms in total. The molecule has 0 N–H and O–H groups in total. The second-order valence-electron chi connectivity index (χ2n) is 5.98. The van der Waals surface area contributed by atoms with Crippen LogP contribution in [0.4, 0.5) is 4.39 Å². The normalized spacial score (nSPS) is 11.8. The smallest absolute Gasteiger partial charge is 0.253 e. The lowest BCUT2D eigenvalue weighted by Gasteiger charge is -2.24. The number of carbonyl (C=O) groups excluding carboxylic acids is 2. The van der Waals surface area contributed by atoms with E-state index in [0.29, 0.717) is 6.54 Å². The van der Waals surface area contributed by atoms with Crippen LogP contribution in [0.15, 0.2) is 47.4 Å². The predicted octanol–water partition coefficient (Wildman–Crippen LogP) is 3.32. The van der Waals surface area contributed by atoms with Crippen LogP contribution in [0.3, 0.4) is 0 Å². The highest BCUT2D eigenvalue weighted by atomic mass is 35.5. The van der Waals surface area contributed by atoms with Crippen molar-refractivity contribution >= 4 is 23.3 Å². The number of hydrogen-bond acceptors (Lipinski definition) is 3. The quantitative estimate of drug-likeness (QED) is 0.548. The molecule has 1 aromatic heterocycles.